The average molecular weight is 342 g/mol. The van der Waals surface area contributed by atoms with E-state index in [4.69, 9.17) is 16.3 Å². The Morgan fingerprint density at radius 1 is 1.25 bits per heavy atom. The number of pyridine rings is 1. The maximum absolute atomic E-state index is 6.25. The monoisotopic (exact) mass is 341 g/mol. The molecule has 124 valence electrons. The van der Waals surface area contributed by atoms with Crippen molar-refractivity contribution in [2.45, 2.75) is 19.6 Å². The molecule has 0 saturated carbocycles. The van der Waals surface area contributed by atoms with E-state index >= 15 is 0 Å². The molecular weight excluding hydrogens is 322 g/mol. The highest BCUT2D eigenvalue weighted by molar-refractivity contribution is 6.35. The Morgan fingerprint density at radius 2 is 2.12 bits per heavy atom. The van der Waals surface area contributed by atoms with Crippen molar-refractivity contribution in [1.29, 1.82) is 0 Å². The van der Waals surface area contributed by atoms with Gasteiger partial charge in [-0.2, -0.15) is 0 Å². The second-order valence-corrected chi connectivity index (χ2v) is 6.98. The molecule has 0 amide bonds. The summed E-state index contributed by atoms with van der Waals surface area (Å²) in [4.78, 5) is 9.79. The molecule has 0 unspecified atom stereocenters. The van der Waals surface area contributed by atoms with Crippen molar-refractivity contribution in [2.75, 3.05) is 20.7 Å². The molecule has 5 heteroatoms. The summed E-state index contributed by atoms with van der Waals surface area (Å²) in [5.74, 6) is 0. The lowest BCUT2D eigenvalue weighted by Crippen LogP contribution is -2.17. The van der Waals surface area contributed by atoms with Gasteiger partial charge in [-0.3, -0.25) is 0 Å². The van der Waals surface area contributed by atoms with Crippen LogP contribution in [0.4, 0.5) is 0 Å². The van der Waals surface area contributed by atoms with Crippen LogP contribution in [0, 0.1) is 0 Å². The number of H-pyrrole nitrogens is 1. The summed E-state index contributed by atoms with van der Waals surface area (Å²) in [7, 11) is 4.19. The third-order valence-electron chi connectivity index (χ3n) is 4.50. The van der Waals surface area contributed by atoms with Crippen LogP contribution in [-0.2, 0) is 24.3 Å². The van der Waals surface area contributed by atoms with Crippen LogP contribution in [0.3, 0.4) is 0 Å². The number of nitrogens with zero attached hydrogens (tertiary/aromatic N) is 2. The number of rotatable bonds is 3. The van der Waals surface area contributed by atoms with Crippen molar-refractivity contribution in [3.05, 3.63) is 52.3 Å². The molecule has 0 spiro atoms. The zero-order valence-electron chi connectivity index (χ0n) is 13.9. The van der Waals surface area contributed by atoms with Crippen molar-refractivity contribution in [2.24, 2.45) is 0 Å². The number of hydrogen-bond acceptors (Lipinski definition) is 3. The predicted octanol–water partition coefficient (Wildman–Crippen LogP) is 4.02. The van der Waals surface area contributed by atoms with Crippen LogP contribution in [0.15, 0.2) is 30.6 Å². The Bertz CT molecular complexity index is 901. The molecule has 1 aromatic carbocycles. The van der Waals surface area contributed by atoms with Gasteiger partial charge in [0.05, 0.1) is 18.2 Å². The highest BCUT2D eigenvalue weighted by Crippen LogP contribution is 2.32. The van der Waals surface area contributed by atoms with Gasteiger partial charge in [0, 0.05) is 29.9 Å². The van der Waals surface area contributed by atoms with Gasteiger partial charge in [-0.05, 0) is 54.9 Å². The lowest BCUT2D eigenvalue weighted by atomic mass is 9.92. The Hall–Kier alpha value is -1.88. The quantitative estimate of drug-likeness (QED) is 0.782. The van der Waals surface area contributed by atoms with Crippen LogP contribution in [0.2, 0.25) is 5.02 Å². The van der Waals surface area contributed by atoms with Gasteiger partial charge in [-0.1, -0.05) is 17.7 Å². The minimum absolute atomic E-state index is 0.708. The van der Waals surface area contributed by atoms with Crippen LogP contribution < -0.4 is 0 Å². The zero-order valence-corrected chi connectivity index (χ0v) is 14.7. The minimum Gasteiger partial charge on any atom is -0.376 e. The van der Waals surface area contributed by atoms with Crippen LogP contribution in [-0.4, -0.2) is 35.6 Å². The SMILES string of the molecule is CN(C)Cc1cc(-c2cnc3[nH]cc(Cl)c3c2)cc2c1COCC2. The smallest absolute Gasteiger partial charge is 0.138 e. The zero-order chi connectivity index (χ0) is 16.7. The molecule has 1 aliphatic heterocycles. The topological polar surface area (TPSA) is 41.2 Å². The van der Waals surface area contributed by atoms with E-state index in [1.165, 1.54) is 22.3 Å². The van der Waals surface area contributed by atoms with Crippen molar-refractivity contribution in [3.63, 3.8) is 0 Å². The summed E-state index contributed by atoms with van der Waals surface area (Å²) < 4.78 is 5.67. The Kier molecular flexibility index (Phi) is 4.04. The van der Waals surface area contributed by atoms with Gasteiger partial charge in [-0.25, -0.2) is 4.98 Å². The van der Waals surface area contributed by atoms with Crippen molar-refractivity contribution in [1.82, 2.24) is 14.9 Å². The lowest BCUT2D eigenvalue weighted by Gasteiger charge is -2.23. The number of aromatic amines is 1. The fraction of sp³-hybridized carbons (Fsp3) is 0.316. The maximum Gasteiger partial charge on any atom is 0.138 e. The summed E-state index contributed by atoms with van der Waals surface area (Å²) in [6.07, 6.45) is 4.66. The van der Waals surface area contributed by atoms with E-state index in [9.17, 15) is 0 Å². The standard InChI is InChI=1S/C19H20ClN3O/c1-23(2)10-15-6-13(5-12-3-4-24-11-17(12)15)14-7-16-18(20)9-22-19(16)21-8-14/h5-9H,3-4,10-11H2,1-2H3,(H,21,22). The maximum atomic E-state index is 6.25. The number of fused-ring (bicyclic) bond motifs is 2. The molecule has 0 aliphatic carbocycles. The molecule has 0 atom stereocenters. The molecule has 4 rings (SSSR count). The summed E-state index contributed by atoms with van der Waals surface area (Å²) in [6.45, 7) is 2.40. The van der Waals surface area contributed by atoms with E-state index in [2.05, 4.69) is 47.2 Å². The van der Waals surface area contributed by atoms with E-state index in [1.54, 1.807) is 6.20 Å². The third-order valence-corrected chi connectivity index (χ3v) is 4.81. The molecule has 2 aromatic heterocycles. The lowest BCUT2D eigenvalue weighted by molar-refractivity contribution is 0.109. The van der Waals surface area contributed by atoms with E-state index in [0.29, 0.717) is 11.6 Å². The fourth-order valence-corrected chi connectivity index (χ4v) is 3.54. The number of aromatic nitrogens is 2. The first-order valence-corrected chi connectivity index (χ1v) is 8.50. The number of benzene rings is 1. The Morgan fingerprint density at radius 3 is 2.96 bits per heavy atom. The highest BCUT2D eigenvalue weighted by atomic mass is 35.5. The predicted molar refractivity (Wildman–Crippen MR) is 97.3 cm³/mol. The van der Waals surface area contributed by atoms with E-state index in [0.717, 1.165) is 36.2 Å². The summed E-state index contributed by atoms with van der Waals surface area (Å²) in [5.41, 5.74) is 7.16. The van der Waals surface area contributed by atoms with Crippen LogP contribution in [0.1, 0.15) is 16.7 Å². The normalized spacial score (nSPS) is 14.3. The number of hydrogen-bond donors (Lipinski definition) is 1. The van der Waals surface area contributed by atoms with E-state index in [1.807, 2.05) is 6.20 Å². The fourth-order valence-electron chi connectivity index (χ4n) is 3.34. The molecule has 3 heterocycles. The van der Waals surface area contributed by atoms with Gasteiger partial charge < -0.3 is 14.6 Å². The summed E-state index contributed by atoms with van der Waals surface area (Å²) in [6, 6.07) is 6.65. The average Bonchev–Trinajstić information content (AvgIpc) is 2.95. The molecule has 24 heavy (non-hydrogen) atoms. The molecule has 3 aromatic rings. The number of ether oxygens (including phenoxy) is 1. The molecule has 1 N–H and O–H groups in total. The number of nitrogens with one attached hydrogen (secondary N) is 1. The van der Waals surface area contributed by atoms with Gasteiger partial charge in [-0.15, -0.1) is 0 Å². The van der Waals surface area contributed by atoms with Gasteiger partial charge in [0.25, 0.3) is 0 Å². The third kappa shape index (κ3) is 2.81. The number of halogens is 1. The van der Waals surface area contributed by atoms with Crippen LogP contribution in [0.5, 0.6) is 0 Å². The first-order chi connectivity index (χ1) is 11.6. The van der Waals surface area contributed by atoms with Crippen molar-refractivity contribution >= 4 is 22.6 Å². The van der Waals surface area contributed by atoms with Crippen LogP contribution in [0.25, 0.3) is 22.2 Å². The Balaban J connectivity index is 1.85. The van der Waals surface area contributed by atoms with Crippen LogP contribution >= 0.6 is 11.6 Å². The molecule has 0 bridgehead atoms. The van der Waals surface area contributed by atoms with Gasteiger partial charge in [0.1, 0.15) is 5.65 Å². The second kappa shape index (κ2) is 6.20. The van der Waals surface area contributed by atoms with Crippen molar-refractivity contribution < 1.29 is 4.74 Å². The first kappa shape index (κ1) is 15.6. The molecule has 0 radical (unpaired) electrons. The van der Waals surface area contributed by atoms with Gasteiger partial charge in [0.2, 0.25) is 0 Å². The minimum atomic E-state index is 0.708. The van der Waals surface area contributed by atoms with Gasteiger partial charge >= 0.3 is 0 Å². The molecule has 0 fully saturated rings. The summed E-state index contributed by atoms with van der Waals surface area (Å²) >= 11 is 6.25. The molecule has 1 aliphatic rings. The molecular formula is C19H20ClN3O. The van der Waals surface area contributed by atoms with Crippen molar-refractivity contribution in [3.8, 4) is 11.1 Å². The second-order valence-electron chi connectivity index (χ2n) is 6.57. The highest BCUT2D eigenvalue weighted by Gasteiger charge is 2.17. The first-order valence-electron chi connectivity index (χ1n) is 8.12. The molecule has 0 saturated heterocycles. The largest absolute Gasteiger partial charge is 0.376 e. The van der Waals surface area contributed by atoms with Gasteiger partial charge in [0.15, 0.2) is 0 Å². The van der Waals surface area contributed by atoms with E-state index < -0.39 is 0 Å². The molecule has 4 nitrogen and oxygen atoms in total. The Labute approximate surface area is 146 Å². The van der Waals surface area contributed by atoms with E-state index in [-0.39, 0.29) is 0 Å². The summed E-state index contributed by atoms with van der Waals surface area (Å²) in [5, 5.41) is 1.67.